The van der Waals surface area contributed by atoms with Gasteiger partial charge in [-0.3, -0.25) is 14.5 Å². The highest BCUT2D eigenvalue weighted by Gasteiger charge is 2.39. The van der Waals surface area contributed by atoms with Crippen molar-refractivity contribution in [1.82, 2.24) is 25.1 Å². The lowest BCUT2D eigenvalue weighted by Gasteiger charge is -2.32. The van der Waals surface area contributed by atoms with Gasteiger partial charge in [0.2, 0.25) is 11.8 Å². The van der Waals surface area contributed by atoms with E-state index >= 15 is 0 Å². The molecular weight excluding hydrogens is 867 g/mol. The van der Waals surface area contributed by atoms with Crippen LogP contribution in [0.5, 0.6) is 0 Å². The van der Waals surface area contributed by atoms with Gasteiger partial charge in [0.1, 0.15) is 6.04 Å². The van der Waals surface area contributed by atoms with Crippen LogP contribution >= 0.6 is 11.8 Å². The summed E-state index contributed by atoms with van der Waals surface area (Å²) in [5.41, 5.74) is 8.17. The third kappa shape index (κ3) is 20.0. The number of alkyl halides is 9. The maximum Gasteiger partial charge on any atom is 0.490 e. The number of nitrogens with two attached hydrogens (primary N) is 1. The van der Waals surface area contributed by atoms with E-state index in [2.05, 4.69) is 33.5 Å². The predicted molar refractivity (Wildman–Crippen MR) is 198 cm³/mol. The van der Waals surface area contributed by atoms with Crippen molar-refractivity contribution >= 4 is 58.2 Å². The van der Waals surface area contributed by atoms with Crippen LogP contribution in [0.25, 0.3) is 10.8 Å². The van der Waals surface area contributed by atoms with Crippen molar-refractivity contribution in [3.63, 3.8) is 0 Å². The topological polar surface area (TPSA) is 257 Å². The van der Waals surface area contributed by atoms with Crippen LogP contribution in [0, 0.1) is 0 Å². The summed E-state index contributed by atoms with van der Waals surface area (Å²) in [5, 5.41) is 35.9. The number of hydrogen-bond acceptors (Lipinski definition) is 10. The minimum atomic E-state index is -5.08. The number of aromatic amines is 1. The number of carbonyl (C=O) groups excluding carboxylic acids is 2. The second-order valence-corrected chi connectivity index (χ2v) is 13.7. The molecule has 0 aliphatic carbocycles. The number of carbonyl (C=O) groups is 6. The number of thioether (sulfide) groups is 1. The smallest absolute Gasteiger partial charge is 0.480 e. The first-order valence-corrected chi connectivity index (χ1v) is 18.7. The number of amides is 2. The average Bonchev–Trinajstić information content (AvgIpc) is 3.85. The van der Waals surface area contributed by atoms with E-state index in [1.165, 1.54) is 0 Å². The SMILES string of the molecule is CSCC[C@H](NC(=O)CN(Cc1cccc2ccccc12)C[C@@H]1CCCN1C(=O)[C@H](N)Cc1cnc[nH]1)C(=O)O.O=C(O)C(F)(F)F.O=C(O)C(F)(F)F.O=C(O)C(F)(F)F. The highest BCUT2D eigenvalue weighted by molar-refractivity contribution is 7.98. The molecule has 1 aliphatic rings. The Morgan fingerprint density at radius 3 is 1.93 bits per heavy atom. The van der Waals surface area contributed by atoms with Crippen LogP contribution in [-0.4, -0.2) is 144 Å². The molecule has 0 unspecified atom stereocenters. The summed E-state index contributed by atoms with van der Waals surface area (Å²) in [5.74, 6) is -9.14. The molecule has 1 aromatic heterocycles. The van der Waals surface area contributed by atoms with Gasteiger partial charge in [-0.25, -0.2) is 24.2 Å². The third-order valence-corrected chi connectivity index (χ3v) is 8.70. The van der Waals surface area contributed by atoms with Crippen molar-refractivity contribution in [3.8, 4) is 0 Å². The highest BCUT2D eigenvalue weighted by atomic mass is 32.2. The molecule has 2 heterocycles. The molecule has 0 bridgehead atoms. The van der Waals surface area contributed by atoms with Crippen molar-refractivity contribution < 1.29 is 88.7 Å². The lowest BCUT2D eigenvalue weighted by molar-refractivity contribution is -0.193. The Labute approximate surface area is 344 Å². The van der Waals surface area contributed by atoms with E-state index in [1.54, 1.807) is 24.3 Å². The van der Waals surface area contributed by atoms with E-state index in [0.717, 1.165) is 34.9 Å². The normalized spacial score (nSPS) is 14.9. The molecule has 1 fully saturated rings. The van der Waals surface area contributed by atoms with Crippen molar-refractivity contribution in [2.24, 2.45) is 5.73 Å². The number of nitrogens with zero attached hydrogens (tertiary/aromatic N) is 3. The van der Waals surface area contributed by atoms with E-state index < -0.39 is 54.5 Å². The fourth-order valence-electron chi connectivity index (χ4n) is 5.34. The van der Waals surface area contributed by atoms with Gasteiger partial charge >= 0.3 is 42.4 Å². The zero-order chi connectivity index (χ0) is 46.7. The fourth-order valence-corrected chi connectivity index (χ4v) is 5.81. The fraction of sp³-hybridized carbons (Fsp3) is 0.457. The summed E-state index contributed by atoms with van der Waals surface area (Å²) in [6, 6.07) is 12.5. The molecule has 3 atom stereocenters. The Kier molecular flexibility index (Phi) is 21.5. The van der Waals surface area contributed by atoms with E-state index in [-0.39, 0.29) is 24.4 Å². The zero-order valence-electron chi connectivity index (χ0n) is 31.8. The summed E-state index contributed by atoms with van der Waals surface area (Å²) < 4.78 is 95.2. The lowest BCUT2D eigenvalue weighted by atomic mass is 10.0. The van der Waals surface area contributed by atoms with Gasteiger partial charge in [0.25, 0.3) is 0 Å². The van der Waals surface area contributed by atoms with E-state index in [1.807, 2.05) is 40.3 Å². The number of carboxylic acid groups (broad SMARTS) is 4. The van der Waals surface area contributed by atoms with Crippen molar-refractivity contribution in [2.75, 3.05) is 31.6 Å². The Hall–Kier alpha value is -5.63. The predicted octanol–water partition coefficient (Wildman–Crippen LogP) is 4.15. The summed E-state index contributed by atoms with van der Waals surface area (Å²) >= 11 is 1.54. The van der Waals surface area contributed by atoms with Gasteiger partial charge in [-0.1, -0.05) is 42.5 Å². The van der Waals surface area contributed by atoms with Crippen molar-refractivity contribution in [2.45, 2.75) is 68.9 Å². The Morgan fingerprint density at radius 2 is 1.44 bits per heavy atom. The van der Waals surface area contributed by atoms with Crippen LogP contribution in [-0.2, 0) is 41.7 Å². The van der Waals surface area contributed by atoms with Gasteiger partial charge < -0.3 is 41.4 Å². The number of fused-ring (bicyclic) bond motifs is 1. The summed E-state index contributed by atoms with van der Waals surface area (Å²) in [6.07, 6.45) is -7.72. The first-order chi connectivity index (χ1) is 28.2. The summed E-state index contributed by atoms with van der Waals surface area (Å²) in [6.45, 7) is 1.59. The van der Waals surface area contributed by atoms with Crippen LogP contribution in [0.4, 0.5) is 39.5 Å². The summed E-state index contributed by atoms with van der Waals surface area (Å²) in [7, 11) is 0. The first-order valence-electron chi connectivity index (χ1n) is 17.3. The molecular formula is C35H41F9N6O10S. The van der Waals surface area contributed by atoms with E-state index in [9.17, 15) is 59.0 Å². The van der Waals surface area contributed by atoms with Crippen LogP contribution in [0.1, 0.15) is 30.5 Å². The number of nitrogens with one attached hydrogen (secondary N) is 2. The molecule has 16 nitrogen and oxygen atoms in total. The first kappa shape index (κ1) is 53.4. The molecule has 2 amide bonds. The lowest BCUT2D eigenvalue weighted by Crippen LogP contribution is -2.51. The maximum atomic E-state index is 13.3. The van der Waals surface area contributed by atoms with Crippen molar-refractivity contribution in [3.05, 3.63) is 66.2 Å². The number of aliphatic carboxylic acids is 4. The van der Waals surface area contributed by atoms with Gasteiger partial charge in [0, 0.05) is 44.0 Å². The van der Waals surface area contributed by atoms with E-state index in [4.69, 9.17) is 35.4 Å². The van der Waals surface area contributed by atoms with Crippen LogP contribution in [0.3, 0.4) is 0 Å². The Balaban J connectivity index is 0.000000726. The number of rotatable bonds is 14. The molecule has 0 saturated carbocycles. The maximum absolute atomic E-state index is 13.3. The zero-order valence-corrected chi connectivity index (χ0v) is 32.6. The molecule has 26 heteroatoms. The third-order valence-electron chi connectivity index (χ3n) is 8.05. The molecule has 8 N–H and O–H groups in total. The summed E-state index contributed by atoms with van der Waals surface area (Å²) in [4.78, 5) is 75.8. The molecule has 61 heavy (non-hydrogen) atoms. The van der Waals surface area contributed by atoms with Gasteiger partial charge in [0.05, 0.1) is 18.9 Å². The molecule has 3 aromatic rings. The average molecular weight is 909 g/mol. The molecule has 0 radical (unpaired) electrons. The number of imidazole rings is 1. The van der Waals surface area contributed by atoms with Crippen molar-refractivity contribution in [1.29, 1.82) is 0 Å². The van der Waals surface area contributed by atoms with Crippen LogP contribution < -0.4 is 11.1 Å². The quantitative estimate of drug-likeness (QED) is 0.112. The number of aromatic nitrogens is 2. The van der Waals surface area contributed by atoms with Crippen LogP contribution in [0.2, 0.25) is 0 Å². The van der Waals surface area contributed by atoms with Gasteiger partial charge in [-0.15, -0.1) is 0 Å². The number of H-pyrrole nitrogens is 1. The molecule has 2 aromatic carbocycles. The molecule has 1 aliphatic heterocycles. The monoisotopic (exact) mass is 908 g/mol. The minimum absolute atomic E-state index is 0.0188. The molecule has 0 spiro atoms. The molecule has 4 rings (SSSR count). The van der Waals surface area contributed by atoms with Gasteiger partial charge in [-0.05, 0) is 47.6 Å². The number of hydrogen-bond donors (Lipinski definition) is 7. The largest absolute Gasteiger partial charge is 0.490 e. The number of halogens is 9. The minimum Gasteiger partial charge on any atom is -0.480 e. The number of benzene rings is 2. The van der Waals surface area contributed by atoms with Crippen LogP contribution in [0.15, 0.2) is 55.0 Å². The second-order valence-electron chi connectivity index (χ2n) is 12.7. The van der Waals surface area contributed by atoms with Gasteiger partial charge in [-0.2, -0.15) is 51.3 Å². The standard InChI is InChI=1S/C29H38N6O4S.3C2HF3O2/c1-40-13-11-26(29(38)39)33-27(36)18-34(16-21-8-4-7-20-6-2-3-10-24(20)21)17-23-9-5-12-35(23)28(37)25(30)14-22-15-31-19-32-22;3*3-2(4,5)1(6)7/h2-4,6-8,10,15,19,23,25-26H,5,9,11-14,16-18,30H2,1H3,(H,31,32)(H,33,36)(H,38,39);3*(H,6,7)/t23-,25+,26-;;;/m0.../s1. The highest BCUT2D eigenvalue weighted by Crippen LogP contribution is 2.24. The Bertz CT molecular complexity index is 1840. The van der Waals surface area contributed by atoms with Gasteiger partial charge in [0.15, 0.2) is 0 Å². The Morgan fingerprint density at radius 1 is 0.902 bits per heavy atom. The molecule has 340 valence electrons. The van der Waals surface area contributed by atoms with E-state index in [0.29, 0.717) is 38.2 Å². The molecule has 1 saturated heterocycles. The number of carboxylic acids is 4. The number of likely N-dealkylation sites (tertiary alicyclic amines) is 1. The second kappa shape index (κ2) is 24.6.